The van der Waals surface area contributed by atoms with E-state index >= 15 is 0 Å². The molecule has 1 aromatic carbocycles. The number of carbonyl (C=O) groups excluding carboxylic acids is 2. The van der Waals surface area contributed by atoms with E-state index in [4.69, 9.17) is 0 Å². The molecule has 0 spiro atoms. The first kappa shape index (κ1) is 20.2. The van der Waals surface area contributed by atoms with Crippen molar-refractivity contribution in [1.29, 1.82) is 0 Å². The third-order valence-electron chi connectivity index (χ3n) is 4.66. The lowest BCUT2D eigenvalue weighted by Gasteiger charge is -2.36. The van der Waals surface area contributed by atoms with Crippen molar-refractivity contribution in [1.82, 2.24) is 9.80 Å². The average molecular weight is 371 g/mol. The summed E-state index contributed by atoms with van der Waals surface area (Å²) in [6.45, 7) is 2.70. The van der Waals surface area contributed by atoms with Gasteiger partial charge in [0.1, 0.15) is 0 Å². The molecular formula is C18H24F3N3O2. The lowest BCUT2D eigenvalue weighted by atomic mass is 9.95. The molecule has 26 heavy (non-hydrogen) atoms. The summed E-state index contributed by atoms with van der Waals surface area (Å²) in [5, 5.41) is 2.39. The smallest absolute Gasteiger partial charge is 0.349 e. The molecule has 0 bridgehead atoms. The van der Waals surface area contributed by atoms with Crippen LogP contribution in [0.1, 0.15) is 25.3 Å². The van der Waals surface area contributed by atoms with E-state index in [1.807, 2.05) is 4.90 Å². The summed E-state index contributed by atoms with van der Waals surface area (Å²) >= 11 is 0. The number of nitrogens with zero attached hydrogens (tertiary/aromatic N) is 2. The highest BCUT2D eigenvalue weighted by molar-refractivity contribution is 5.95. The largest absolute Gasteiger partial charge is 0.418 e. The van der Waals surface area contributed by atoms with Crippen molar-refractivity contribution in [2.45, 2.75) is 32.0 Å². The second-order valence-electron chi connectivity index (χ2n) is 6.78. The summed E-state index contributed by atoms with van der Waals surface area (Å²) in [4.78, 5) is 28.0. The normalized spacial score (nSPS) is 19.7. The van der Waals surface area contributed by atoms with Gasteiger partial charge < -0.3 is 10.2 Å². The van der Waals surface area contributed by atoms with Crippen LogP contribution in [0.5, 0.6) is 0 Å². The van der Waals surface area contributed by atoms with Gasteiger partial charge in [0.05, 0.1) is 23.2 Å². The Labute approximate surface area is 151 Å². The Balaban J connectivity index is 2.07. The molecule has 1 saturated heterocycles. The Morgan fingerprint density at radius 3 is 2.54 bits per heavy atom. The first-order valence-corrected chi connectivity index (χ1v) is 8.53. The van der Waals surface area contributed by atoms with Gasteiger partial charge in [0, 0.05) is 20.6 Å². The Hall–Kier alpha value is -2.09. The zero-order valence-corrected chi connectivity index (χ0v) is 15.1. The van der Waals surface area contributed by atoms with Gasteiger partial charge in [0.2, 0.25) is 11.8 Å². The molecule has 0 aromatic heterocycles. The summed E-state index contributed by atoms with van der Waals surface area (Å²) in [5.41, 5.74) is -1.13. The Morgan fingerprint density at radius 1 is 1.27 bits per heavy atom. The number of alkyl halides is 3. The minimum absolute atomic E-state index is 0.00438. The Kier molecular flexibility index (Phi) is 6.28. The number of anilines is 1. The molecule has 0 saturated carbocycles. The topological polar surface area (TPSA) is 52.7 Å². The summed E-state index contributed by atoms with van der Waals surface area (Å²) < 4.78 is 39.2. The molecule has 2 unspecified atom stereocenters. The van der Waals surface area contributed by atoms with Gasteiger partial charge in [-0.2, -0.15) is 13.2 Å². The molecule has 1 aliphatic heterocycles. The van der Waals surface area contributed by atoms with Gasteiger partial charge in [-0.15, -0.1) is 0 Å². The molecule has 1 N–H and O–H groups in total. The van der Waals surface area contributed by atoms with Gasteiger partial charge in [-0.25, -0.2) is 0 Å². The van der Waals surface area contributed by atoms with E-state index < -0.39 is 23.7 Å². The van der Waals surface area contributed by atoms with E-state index in [0.717, 1.165) is 18.9 Å². The quantitative estimate of drug-likeness (QED) is 0.886. The fourth-order valence-electron chi connectivity index (χ4n) is 3.17. The number of piperidine rings is 1. The van der Waals surface area contributed by atoms with Crippen LogP contribution in [0.4, 0.5) is 18.9 Å². The van der Waals surface area contributed by atoms with Crippen LogP contribution in [0, 0.1) is 5.92 Å². The fourth-order valence-corrected chi connectivity index (χ4v) is 3.17. The van der Waals surface area contributed by atoms with Gasteiger partial charge in [0.15, 0.2) is 0 Å². The number of rotatable bonds is 4. The van der Waals surface area contributed by atoms with E-state index in [0.29, 0.717) is 13.1 Å². The second-order valence-corrected chi connectivity index (χ2v) is 6.78. The van der Waals surface area contributed by atoms with Crippen molar-refractivity contribution in [3.63, 3.8) is 0 Å². The van der Waals surface area contributed by atoms with E-state index in [1.165, 1.54) is 23.1 Å². The standard InChI is InChI=1S/C18H24F3N3O2/c1-12(24-10-6-7-13(11-24)17(26)23(2)3)16(25)22-15-9-5-4-8-14(15)18(19,20)21/h4-5,8-9,12-13H,6-7,10-11H2,1-3H3,(H,22,25). The van der Waals surface area contributed by atoms with E-state index in [2.05, 4.69) is 5.32 Å². The van der Waals surface area contributed by atoms with Crippen LogP contribution in [0.25, 0.3) is 0 Å². The van der Waals surface area contributed by atoms with Crippen LogP contribution in [0.3, 0.4) is 0 Å². The predicted molar refractivity (Wildman–Crippen MR) is 92.5 cm³/mol. The van der Waals surface area contributed by atoms with Crippen LogP contribution in [-0.4, -0.2) is 54.8 Å². The van der Waals surface area contributed by atoms with Crippen molar-refractivity contribution in [3.05, 3.63) is 29.8 Å². The van der Waals surface area contributed by atoms with Gasteiger partial charge in [-0.1, -0.05) is 12.1 Å². The minimum Gasteiger partial charge on any atom is -0.349 e. The molecule has 1 aromatic rings. The number of carbonyl (C=O) groups is 2. The highest BCUT2D eigenvalue weighted by Gasteiger charge is 2.35. The number of hydrogen-bond donors (Lipinski definition) is 1. The summed E-state index contributed by atoms with van der Waals surface area (Å²) in [5.74, 6) is -0.708. The maximum atomic E-state index is 13.1. The Bertz CT molecular complexity index is 661. The van der Waals surface area contributed by atoms with Crippen molar-refractivity contribution in [2.24, 2.45) is 5.92 Å². The van der Waals surface area contributed by atoms with Crippen LogP contribution in [-0.2, 0) is 15.8 Å². The van der Waals surface area contributed by atoms with E-state index in [9.17, 15) is 22.8 Å². The zero-order chi connectivity index (χ0) is 19.5. The third-order valence-corrected chi connectivity index (χ3v) is 4.66. The van der Waals surface area contributed by atoms with Gasteiger partial charge in [-0.05, 0) is 38.4 Å². The SMILES string of the molecule is CC(C(=O)Nc1ccccc1C(F)(F)F)N1CCCC(C(=O)N(C)C)C1. The molecule has 1 heterocycles. The summed E-state index contributed by atoms with van der Waals surface area (Å²) in [6.07, 6.45) is -3.03. The van der Waals surface area contributed by atoms with Crippen LogP contribution in [0.15, 0.2) is 24.3 Å². The number of nitrogens with one attached hydrogen (secondary N) is 1. The summed E-state index contributed by atoms with van der Waals surface area (Å²) in [6, 6.07) is 4.27. The molecule has 5 nitrogen and oxygen atoms in total. The fraction of sp³-hybridized carbons (Fsp3) is 0.556. The number of benzene rings is 1. The second kappa shape index (κ2) is 8.07. The first-order valence-electron chi connectivity index (χ1n) is 8.53. The van der Waals surface area contributed by atoms with Gasteiger partial charge in [0.25, 0.3) is 0 Å². The molecule has 144 valence electrons. The lowest BCUT2D eigenvalue weighted by Crippen LogP contribution is -2.49. The lowest BCUT2D eigenvalue weighted by molar-refractivity contribution is -0.137. The van der Waals surface area contributed by atoms with E-state index in [-0.39, 0.29) is 17.5 Å². The molecule has 2 amide bonds. The van der Waals surface area contributed by atoms with Gasteiger partial charge in [-0.3, -0.25) is 14.5 Å². The van der Waals surface area contributed by atoms with Crippen LogP contribution in [0.2, 0.25) is 0 Å². The highest BCUT2D eigenvalue weighted by atomic mass is 19.4. The average Bonchev–Trinajstić information content (AvgIpc) is 2.60. The maximum absolute atomic E-state index is 13.1. The monoisotopic (exact) mass is 371 g/mol. The highest BCUT2D eigenvalue weighted by Crippen LogP contribution is 2.34. The van der Waals surface area contributed by atoms with Gasteiger partial charge >= 0.3 is 6.18 Å². The molecule has 1 fully saturated rings. The molecule has 0 aliphatic carbocycles. The molecule has 2 atom stereocenters. The maximum Gasteiger partial charge on any atom is 0.418 e. The van der Waals surface area contributed by atoms with Crippen LogP contribution >= 0.6 is 0 Å². The van der Waals surface area contributed by atoms with Crippen LogP contribution < -0.4 is 5.32 Å². The number of likely N-dealkylation sites (tertiary alicyclic amines) is 1. The summed E-state index contributed by atoms with van der Waals surface area (Å²) in [7, 11) is 3.37. The number of para-hydroxylation sites is 1. The third kappa shape index (κ3) is 4.75. The molecule has 1 aliphatic rings. The molecule has 8 heteroatoms. The number of halogens is 3. The van der Waals surface area contributed by atoms with Crippen molar-refractivity contribution >= 4 is 17.5 Å². The number of amides is 2. The number of hydrogen-bond acceptors (Lipinski definition) is 3. The molecular weight excluding hydrogens is 347 g/mol. The minimum atomic E-state index is -4.54. The van der Waals surface area contributed by atoms with Crippen molar-refractivity contribution in [2.75, 3.05) is 32.5 Å². The van der Waals surface area contributed by atoms with Crippen molar-refractivity contribution < 1.29 is 22.8 Å². The zero-order valence-electron chi connectivity index (χ0n) is 15.1. The van der Waals surface area contributed by atoms with E-state index in [1.54, 1.807) is 21.0 Å². The first-order chi connectivity index (χ1) is 12.1. The molecule has 0 radical (unpaired) electrons. The Morgan fingerprint density at radius 2 is 1.92 bits per heavy atom. The molecule has 2 rings (SSSR count). The van der Waals surface area contributed by atoms with Crippen molar-refractivity contribution in [3.8, 4) is 0 Å². The predicted octanol–water partition coefficient (Wildman–Crippen LogP) is 2.83.